The van der Waals surface area contributed by atoms with E-state index < -0.39 is 0 Å². The zero-order valence-corrected chi connectivity index (χ0v) is 12.3. The summed E-state index contributed by atoms with van der Waals surface area (Å²) in [7, 11) is 1.54. The molecule has 1 heterocycles. The van der Waals surface area contributed by atoms with Crippen LogP contribution in [0.4, 0.5) is 0 Å². The third kappa shape index (κ3) is 2.17. The van der Waals surface area contributed by atoms with Crippen molar-refractivity contribution in [1.82, 2.24) is 4.90 Å². The smallest absolute Gasteiger partial charge is 0.262 e. The van der Waals surface area contributed by atoms with E-state index in [0.29, 0.717) is 11.1 Å². The highest BCUT2D eigenvalue weighted by Gasteiger charge is 2.35. The Hall–Kier alpha value is -0.940. The molecule has 0 spiro atoms. The van der Waals surface area contributed by atoms with Crippen LogP contribution in [0.5, 0.6) is 0 Å². The van der Waals surface area contributed by atoms with Gasteiger partial charge in [-0.1, -0.05) is 13.8 Å². The first-order valence-electron chi connectivity index (χ1n) is 5.86. The third-order valence-corrected chi connectivity index (χ3v) is 4.52. The van der Waals surface area contributed by atoms with Gasteiger partial charge >= 0.3 is 0 Å². The molecule has 1 aromatic carbocycles. The van der Waals surface area contributed by atoms with Crippen molar-refractivity contribution in [2.45, 2.75) is 23.6 Å². The lowest BCUT2D eigenvalue weighted by atomic mass is 10.1. The van der Waals surface area contributed by atoms with Gasteiger partial charge in [-0.05, 0) is 23.6 Å². The molecular formula is C13H15NO2S2. The summed E-state index contributed by atoms with van der Waals surface area (Å²) in [6.07, 6.45) is 0. The number of carbonyl (C=O) groups is 2. The quantitative estimate of drug-likeness (QED) is 0.627. The first kappa shape index (κ1) is 13.5. The van der Waals surface area contributed by atoms with Crippen LogP contribution in [0.15, 0.2) is 21.9 Å². The lowest BCUT2D eigenvalue weighted by molar-refractivity contribution is 0.0692. The molecule has 3 nitrogen and oxygen atoms in total. The van der Waals surface area contributed by atoms with Gasteiger partial charge < -0.3 is 0 Å². The molecule has 0 aromatic heterocycles. The van der Waals surface area contributed by atoms with Gasteiger partial charge in [-0.3, -0.25) is 14.5 Å². The van der Waals surface area contributed by atoms with Crippen LogP contribution in [0, 0.1) is 0 Å². The standard InChI is InChI=1S/C13H15NO2S2/c1-4-17-8-6-9-11(10(7-8)18-5-2)13(16)14(3)12(9)15/h6-7H,4-5H2,1-3H3. The molecule has 0 saturated heterocycles. The second-order valence-electron chi connectivity index (χ2n) is 3.88. The van der Waals surface area contributed by atoms with Crippen LogP contribution in [-0.2, 0) is 0 Å². The number of imide groups is 1. The third-order valence-electron chi connectivity index (χ3n) is 2.74. The van der Waals surface area contributed by atoms with E-state index in [2.05, 4.69) is 6.92 Å². The topological polar surface area (TPSA) is 37.4 Å². The first-order valence-corrected chi connectivity index (χ1v) is 7.83. The molecule has 0 aliphatic carbocycles. The summed E-state index contributed by atoms with van der Waals surface area (Å²) < 4.78 is 0. The van der Waals surface area contributed by atoms with Crippen LogP contribution in [0.3, 0.4) is 0 Å². The van der Waals surface area contributed by atoms with Crippen molar-refractivity contribution < 1.29 is 9.59 Å². The second-order valence-corrected chi connectivity index (χ2v) is 6.52. The largest absolute Gasteiger partial charge is 0.277 e. The summed E-state index contributed by atoms with van der Waals surface area (Å²) in [6, 6.07) is 3.86. The molecule has 0 unspecified atom stereocenters. The maximum Gasteiger partial charge on any atom is 0.262 e. The van der Waals surface area contributed by atoms with Crippen molar-refractivity contribution in [3.63, 3.8) is 0 Å². The van der Waals surface area contributed by atoms with Crippen molar-refractivity contribution in [3.05, 3.63) is 23.3 Å². The van der Waals surface area contributed by atoms with Gasteiger partial charge in [0.15, 0.2) is 0 Å². The van der Waals surface area contributed by atoms with Gasteiger partial charge in [0, 0.05) is 16.8 Å². The number of thioether (sulfide) groups is 2. The average molecular weight is 281 g/mol. The molecule has 1 aliphatic heterocycles. The number of benzene rings is 1. The Morgan fingerprint density at radius 1 is 1.06 bits per heavy atom. The number of nitrogens with zero attached hydrogens (tertiary/aromatic N) is 1. The molecule has 96 valence electrons. The van der Waals surface area contributed by atoms with Gasteiger partial charge in [0.25, 0.3) is 11.8 Å². The van der Waals surface area contributed by atoms with Crippen LogP contribution in [0.1, 0.15) is 34.6 Å². The lowest BCUT2D eigenvalue weighted by Gasteiger charge is -2.07. The van der Waals surface area contributed by atoms with E-state index in [9.17, 15) is 9.59 Å². The molecule has 0 bridgehead atoms. The van der Waals surface area contributed by atoms with Gasteiger partial charge in [0.05, 0.1) is 11.1 Å². The number of hydrogen-bond acceptors (Lipinski definition) is 4. The van der Waals surface area contributed by atoms with Crippen molar-refractivity contribution in [2.75, 3.05) is 18.6 Å². The van der Waals surface area contributed by atoms with E-state index in [0.717, 1.165) is 21.3 Å². The van der Waals surface area contributed by atoms with Gasteiger partial charge in [0.1, 0.15) is 0 Å². The van der Waals surface area contributed by atoms with Gasteiger partial charge in [-0.15, -0.1) is 23.5 Å². The van der Waals surface area contributed by atoms with Crippen LogP contribution >= 0.6 is 23.5 Å². The molecular weight excluding hydrogens is 266 g/mol. The summed E-state index contributed by atoms with van der Waals surface area (Å²) in [5.74, 6) is 1.47. The number of carbonyl (C=O) groups excluding carboxylic acids is 2. The number of hydrogen-bond donors (Lipinski definition) is 0. The van der Waals surface area contributed by atoms with Crippen molar-refractivity contribution in [1.29, 1.82) is 0 Å². The Bertz CT molecular complexity index is 514. The number of rotatable bonds is 4. The van der Waals surface area contributed by atoms with Crippen LogP contribution in [0.2, 0.25) is 0 Å². The average Bonchev–Trinajstić information content (AvgIpc) is 2.56. The SMILES string of the molecule is CCSc1cc(SCC)c2c(c1)C(=O)N(C)C2=O. The highest BCUT2D eigenvalue weighted by atomic mass is 32.2. The van der Waals surface area contributed by atoms with Crippen LogP contribution < -0.4 is 0 Å². The molecule has 2 rings (SSSR count). The zero-order chi connectivity index (χ0) is 13.3. The summed E-state index contributed by atoms with van der Waals surface area (Å²) in [5, 5.41) is 0. The fourth-order valence-electron chi connectivity index (χ4n) is 1.94. The van der Waals surface area contributed by atoms with Gasteiger partial charge in [-0.2, -0.15) is 0 Å². The van der Waals surface area contributed by atoms with E-state index in [-0.39, 0.29) is 11.8 Å². The first-order chi connectivity index (χ1) is 8.60. The summed E-state index contributed by atoms with van der Waals surface area (Å²) >= 11 is 3.31. The lowest BCUT2D eigenvalue weighted by Crippen LogP contribution is -2.24. The van der Waals surface area contributed by atoms with E-state index in [1.54, 1.807) is 23.5 Å². The van der Waals surface area contributed by atoms with Crippen LogP contribution in [-0.4, -0.2) is 35.3 Å². The maximum absolute atomic E-state index is 12.1. The Morgan fingerprint density at radius 3 is 2.33 bits per heavy atom. The van der Waals surface area contributed by atoms with Gasteiger partial charge in [-0.25, -0.2) is 0 Å². The van der Waals surface area contributed by atoms with E-state index >= 15 is 0 Å². The number of amides is 2. The Kier molecular flexibility index (Phi) is 4.02. The number of fused-ring (bicyclic) bond motifs is 1. The minimum atomic E-state index is -0.188. The molecule has 0 fully saturated rings. The Labute approximate surface area is 115 Å². The molecule has 0 atom stereocenters. The Balaban J connectivity index is 2.57. The normalized spacial score (nSPS) is 14.3. The summed E-state index contributed by atoms with van der Waals surface area (Å²) in [5.41, 5.74) is 1.13. The van der Waals surface area contributed by atoms with Crippen molar-refractivity contribution >= 4 is 35.3 Å². The molecule has 0 saturated carbocycles. The minimum Gasteiger partial charge on any atom is -0.277 e. The highest BCUT2D eigenvalue weighted by molar-refractivity contribution is 8.00. The fourth-order valence-corrected chi connectivity index (χ4v) is 3.61. The molecule has 18 heavy (non-hydrogen) atoms. The van der Waals surface area contributed by atoms with Crippen molar-refractivity contribution in [2.24, 2.45) is 0 Å². The van der Waals surface area contributed by atoms with E-state index in [1.807, 2.05) is 19.1 Å². The molecule has 5 heteroatoms. The predicted octanol–water partition coefficient (Wildman–Crippen LogP) is 3.14. The fraction of sp³-hybridized carbons (Fsp3) is 0.385. The predicted molar refractivity (Wildman–Crippen MR) is 75.7 cm³/mol. The minimum absolute atomic E-state index is 0.181. The zero-order valence-electron chi connectivity index (χ0n) is 10.6. The van der Waals surface area contributed by atoms with E-state index in [1.165, 1.54) is 11.9 Å². The monoisotopic (exact) mass is 281 g/mol. The molecule has 0 N–H and O–H groups in total. The highest BCUT2D eigenvalue weighted by Crippen LogP contribution is 2.35. The van der Waals surface area contributed by atoms with Crippen LogP contribution in [0.25, 0.3) is 0 Å². The second kappa shape index (κ2) is 5.36. The Morgan fingerprint density at radius 2 is 1.72 bits per heavy atom. The summed E-state index contributed by atoms with van der Waals surface area (Å²) in [6.45, 7) is 4.12. The molecule has 0 radical (unpaired) electrons. The van der Waals surface area contributed by atoms with Crippen molar-refractivity contribution in [3.8, 4) is 0 Å². The van der Waals surface area contributed by atoms with Gasteiger partial charge in [0.2, 0.25) is 0 Å². The molecule has 1 aliphatic rings. The molecule has 1 aromatic rings. The summed E-state index contributed by atoms with van der Waals surface area (Å²) in [4.78, 5) is 27.2. The van der Waals surface area contributed by atoms with E-state index in [4.69, 9.17) is 0 Å². The molecule has 2 amide bonds. The maximum atomic E-state index is 12.1.